The number of carbonyl (C=O) groups is 1. The molecule has 134 valence electrons. The Balaban J connectivity index is 1.55. The monoisotopic (exact) mass is 351 g/mol. The molecule has 1 aliphatic heterocycles. The molecular weight excluding hydrogens is 330 g/mol. The number of nitrogens with two attached hydrogens (primary N) is 1. The van der Waals surface area contributed by atoms with Crippen LogP contribution in [0.25, 0.3) is 22.0 Å². The maximum atomic E-state index is 12.4. The summed E-state index contributed by atoms with van der Waals surface area (Å²) in [4.78, 5) is 22.9. The molecule has 26 heavy (non-hydrogen) atoms. The van der Waals surface area contributed by atoms with E-state index >= 15 is 0 Å². The van der Waals surface area contributed by atoms with Gasteiger partial charge in [-0.05, 0) is 24.5 Å². The highest BCUT2D eigenvalue weighted by atomic mass is 16.2. The summed E-state index contributed by atoms with van der Waals surface area (Å²) in [7, 11) is 1.88. The molecule has 0 spiro atoms. The zero-order valence-corrected chi connectivity index (χ0v) is 14.6. The van der Waals surface area contributed by atoms with Crippen molar-refractivity contribution in [3.8, 4) is 11.1 Å². The fraction of sp³-hybridized carbons (Fsp3) is 0.333. The van der Waals surface area contributed by atoms with Gasteiger partial charge in [-0.25, -0.2) is 14.8 Å². The van der Waals surface area contributed by atoms with Gasteiger partial charge in [-0.3, -0.25) is 10.00 Å². The third-order valence-electron chi connectivity index (χ3n) is 4.67. The number of nitrogens with one attached hydrogen (secondary N) is 1. The van der Waals surface area contributed by atoms with E-state index in [1.807, 2.05) is 37.6 Å². The van der Waals surface area contributed by atoms with Crippen LogP contribution >= 0.6 is 0 Å². The van der Waals surface area contributed by atoms with Gasteiger partial charge < -0.3 is 10.6 Å². The SMILES string of the molecule is Cn1cc(-c2ccc3cnc(NC(=O)N4CCC(N)CC4)nc3c2)cn1. The average Bonchev–Trinajstić information content (AvgIpc) is 3.08. The number of carbonyl (C=O) groups excluding carboxylic acids is 1. The number of aromatic nitrogens is 4. The van der Waals surface area contributed by atoms with E-state index in [4.69, 9.17) is 5.73 Å². The van der Waals surface area contributed by atoms with Crippen LogP contribution in [0.4, 0.5) is 10.7 Å². The van der Waals surface area contributed by atoms with Gasteiger partial charge in [0.05, 0.1) is 11.7 Å². The number of hydrogen-bond acceptors (Lipinski definition) is 5. The number of benzene rings is 1. The van der Waals surface area contributed by atoms with Crippen LogP contribution in [0.15, 0.2) is 36.8 Å². The smallest absolute Gasteiger partial charge is 0.324 e. The topological polar surface area (TPSA) is 102 Å². The molecule has 0 radical (unpaired) electrons. The average molecular weight is 351 g/mol. The van der Waals surface area contributed by atoms with Gasteiger partial charge in [0.1, 0.15) is 0 Å². The molecule has 0 saturated carbocycles. The van der Waals surface area contributed by atoms with Crippen molar-refractivity contribution in [3.05, 3.63) is 36.8 Å². The van der Waals surface area contributed by atoms with E-state index < -0.39 is 0 Å². The Morgan fingerprint density at radius 1 is 1.23 bits per heavy atom. The van der Waals surface area contributed by atoms with Crippen LogP contribution in [0.1, 0.15) is 12.8 Å². The summed E-state index contributed by atoms with van der Waals surface area (Å²) in [6.45, 7) is 1.32. The number of amides is 2. The number of rotatable bonds is 2. The number of urea groups is 1. The third kappa shape index (κ3) is 3.36. The van der Waals surface area contributed by atoms with Crippen molar-refractivity contribution in [2.75, 3.05) is 18.4 Å². The van der Waals surface area contributed by atoms with Gasteiger partial charge in [-0.1, -0.05) is 12.1 Å². The molecular formula is C18H21N7O. The van der Waals surface area contributed by atoms with Gasteiger partial charge in [0.25, 0.3) is 0 Å². The lowest BCUT2D eigenvalue weighted by Gasteiger charge is -2.29. The molecule has 1 aromatic carbocycles. The Morgan fingerprint density at radius 3 is 2.77 bits per heavy atom. The van der Waals surface area contributed by atoms with Crippen molar-refractivity contribution in [1.29, 1.82) is 0 Å². The van der Waals surface area contributed by atoms with E-state index in [2.05, 4.69) is 20.4 Å². The van der Waals surface area contributed by atoms with E-state index in [1.165, 1.54) is 0 Å². The molecule has 1 saturated heterocycles. The van der Waals surface area contributed by atoms with E-state index in [0.717, 1.165) is 34.9 Å². The van der Waals surface area contributed by atoms with Gasteiger partial charge in [0.2, 0.25) is 5.95 Å². The molecule has 1 fully saturated rings. The van der Waals surface area contributed by atoms with E-state index in [0.29, 0.717) is 19.0 Å². The van der Waals surface area contributed by atoms with Gasteiger partial charge in [-0.15, -0.1) is 0 Å². The summed E-state index contributed by atoms with van der Waals surface area (Å²) in [5.41, 5.74) is 8.70. The van der Waals surface area contributed by atoms with Crippen molar-refractivity contribution in [2.45, 2.75) is 18.9 Å². The summed E-state index contributed by atoms with van der Waals surface area (Å²) >= 11 is 0. The second-order valence-corrected chi connectivity index (χ2v) is 6.62. The predicted octanol–water partition coefficient (Wildman–Crippen LogP) is 1.99. The van der Waals surface area contributed by atoms with Crippen LogP contribution < -0.4 is 11.1 Å². The van der Waals surface area contributed by atoms with Crippen molar-refractivity contribution < 1.29 is 4.79 Å². The van der Waals surface area contributed by atoms with Gasteiger partial charge in [-0.2, -0.15) is 5.10 Å². The highest BCUT2D eigenvalue weighted by Gasteiger charge is 2.21. The van der Waals surface area contributed by atoms with Crippen LogP contribution in [0.3, 0.4) is 0 Å². The Morgan fingerprint density at radius 2 is 2.04 bits per heavy atom. The number of anilines is 1. The number of likely N-dealkylation sites (tertiary alicyclic amines) is 1. The van der Waals surface area contributed by atoms with Crippen LogP contribution in [-0.4, -0.2) is 49.8 Å². The molecule has 0 unspecified atom stereocenters. The standard InChI is InChI=1S/C18H21N7O/c1-24-11-14(10-21-24)12-2-3-13-9-20-17(22-16(13)8-12)23-18(26)25-6-4-15(19)5-7-25/h2-3,8-11,15H,4-7,19H2,1H3,(H,20,22,23,26). The first kappa shape index (κ1) is 16.5. The van der Waals surface area contributed by atoms with Gasteiger partial charge >= 0.3 is 6.03 Å². The molecule has 4 rings (SSSR count). The highest BCUT2D eigenvalue weighted by molar-refractivity contribution is 5.89. The number of piperidine rings is 1. The number of aryl methyl sites for hydroxylation is 1. The van der Waals surface area contributed by atoms with Gasteiger partial charge in [0, 0.05) is 49.5 Å². The number of fused-ring (bicyclic) bond motifs is 1. The lowest BCUT2D eigenvalue weighted by atomic mass is 10.1. The first-order valence-electron chi connectivity index (χ1n) is 8.66. The number of nitrogens with zero attached hydrogens (tertiary/aromatic N) is 5. The third-order valence-corrected chi connectivity index (χ3v) is 4.67. The minimum atomic E-state index is -0.181. The van der Waals surface area contributed by atoms with Crippen molar-refractivity contribution in [3.63, 3.8) is 0 Å². The Bertz CT molecular complexity index is 944. The molecule has 0 aliphatic carbocycles. The first-order chi connectivity index (χ1) is 12.6. The minimum Gasteiger partial charge on any atom is -0.328 e. The Kier molecular flexibility index (Phi) is 4.26. The Labute approximate surface area is 151 Å². The van der Waals surface area contributed by atoms with E-state index in [1.54, 1.807) is 15.8 Å². The molecule has 8 heteroatoms. The zero-order valence-electron chi connectivity index (χ0n) is 14.6. The molecule has 2 amide bonds. The second kappa shape index (κ2) is 6.72. The zero-order chi connectivity index (χ0) is 18.1. The molecule has 2 aromatic heterocycles. The summed E-state index contributed by atoms with van der Waals surface area (Å²) in [6, 6.07) is 5.96. The number of hydrogen-bond donors (Lipinski definition) is 2. The summed E-state index contributed by atoms with van der Waals surface area (Å²) in [6.07, 6.45) is 7.12. The largest absolute Gasteiger partial charge is 0.328 e. The highest BCUT2D eigenvalue weighted by Crippen LogP contribution is 2.23. The summed E-state index contributed by atoms with van der Waals surface area (Å²) in [5, 5.41) is 7.91. The molecule has 8 nitrogen and oxygen atoms in total. The molecule has 3 aromatic rings. The molecule has 3 N–H and O–H groups in total. The van der Waals surface area contributed by atoms with Crippen LogP contribution in [-0.2, 0) is 7.05 Å². The normalized spacial score (nSPS) is 15.4. The van der Waals surface area contributed by atoms with Crippen LogP contribution in [0.5, 0.6) is 0 Å². The summed E-state index contributed by atoms with van der Waals surface area (Å²) < 4.78 is 1.76. The lowest BCUT2D eigenvalue weighted by Crippen LogP contribution is -2.44. The van der Waals surface area contributed by atoms with Crippen molar-refractivity contribution in [2.24, 2.45) is 12.8 Å². The van der Waals surface area contributed by atoms with Crippen molar-refractivity contribution in [1.82, 2.24) is 24.6 Å². The minimum absolute atomic E-state index is 0.181. The second-order valence-electron chi connectivity index (χ2n) is 6.62. The van der Waals surface area contributed by atoms with Crippen LogP contribution in [0, 0.1) is 0 Å². The molecule has 0 bridgehead atoms. The fourth-order valence-electron chi connectivity index (χ4n) is 3.11. The van der Waals surface area contributed by atoms with Crippen LogP contribution in [0.2, 0.25) is 0 Å². The maximum absolute atomic E-state index is 12.4. The molecule has 0 atom stereocenters. The molecule has 1 aliphatic rings. The fourth-order valence-corrected chi connectivity index (χ4v) is 3.11. The molecule has 3 heterocycles. The lowest BCUT2D eigenvalue weighted by molar-refractivity contribution is 0.195. The van der Waals surface area contributed by atoms with Crippen molar-refractivity contribution >= 4 is 22.9 Å². The Hall–Kier alpha value is -3.00. The first-order valence-corrected chi connectivity index (χ1v) is 8.66. The van der Waals surface area contributed by atoms with Gasteiger partial charge in [0.15, 0.2) is 0 Å². The van der Waals surface area contributed by atoms with E-state index in [9.17, 15) is 4.79 Å². The van der Waals surface area contributed by atoms with E-state index in [-0.39, 0.29) is 12.1 Å². The quantitative estimate of drug-likeness (QED) is 0.735. The maximum Gasteiger partial charge on any atom is 0.324 e. The predicted molar refractivity (Wildman–Crippen MR) is 99.5 cm³/mol. The summed E-state index contributed by atoms with van der Waals surface area (Å²) in [5.74, 6) is 0.306.